The zero-order valence-corrected chi connectivity index (χ0v) is 19.2. The maximum Gasteiger partial charge on any atom is 0.196 e. The number of hydrogen-bond acceptors (Lipinski definition) is 7. The number of hydrogen-bond donors (Lipinski definition) is 1. The summed E-state index contributed by atoms with van der Waals surface area (Å²) in [5, 5.41) is 12.8. The van der Waals surface area contributed by atoms with Gasteiger partial charge in [-0.05, 0) is 48.5 Å². The van der Waals surface area contributed by atoms with Crippen molar-refractivity contribution in [3.8, 4) is 17.2 Å². The van der Waals surface area contributed by atoms with E-state index < -0.39 is 0 Å². The second-order valence-corrected chi connectivity index (χ2v) is 8.03. The molecular formula is C25H24N4O3S. The third-order valence-electron chi connectivity index (χ3n) is 5.00. The minimum Gasteiger partial charge on any atom is -0.497 e. The molecule has 0 amide bonds. The molecule has 1 aromatic heterocycles. The Morgan fingerprint density at radius 3 is 2.15 bits per heavy atom. The third-order valence-corrected chi connectivity index (χ3v) is 5.93. The van der Waals surface area contributed by atoms with Crippen molar-refractivity contribution < 1.29 is 14.3 Å². The number of ether oxygens (including phenoxy) is 2. The lowest BCUT2D eigenvalue weighted by molar-refractivity contribution is 0.102. The zero-order valence-electron chi connectivity index (χ0n) is 18.4. The number of ketones is 1. The SMILES string of the molecule is COc1ccc(NCc2nnc(SCC(=O)c3ccccc3)n2-c2ccc(OC)cc2)cc1. The number of rotatable bonds is 10. The number of benzene rings is 3. The van der Waals surface area contributed by atoms with Gasteiger partial charge in [0.2, 0.25) is 0 Å². The van der Waals surface area contributed by atoms with Gasteiger partial charge >= 0.3 is 0 Å². The van der Waals surface area contributed by atoms with Crippen molar-refractivity contribution in [2.75, 3.05) is 25.3 Å². The van der Waals surface area contributed by atoms with E-state index in [0.717, 1.165) is 28.7 Å². The van der Waals surface area contributed by atoms with Gasteiger partial charge in [-0.15, -0.1) is 10.2 Å². The molecule has 0 unspecified atom stereocenters. The van der Waals surface area contributed by atoms with Gasteiger partial charge in [0.25, 0.3) is 0 Å². The third kappa shape index (κ3) is 5.53. The van der Waals surface area contributed by atoms with Crippen molar-refractivity contribution in [3.05, 3.63) is 90.3 Å². The second kappa shape index (κ2) is 10.7. The normalized spacial score (nSPS) is 10.6. The van der Waals surface area contributed by atoms with Crippen molar-refractivity contribution in [1.29, 1.82) is 0 Å². The van der Waals surface area contributed by atoms with Crippen LogP contribution in [0.3, 0.4) is 0 Å². The summed E-state index contributed by atoms with van der Waals surface area (Å²) >= 11 is 1.37. The van der Waals surface area contributed by atoms with Crippen LogP contribution in [0.1, 0.15) is 16.2 Å². The molecule has 1 heterocycles. The summed E-state index contributed by atoms with van der Waals surface area (Å²) in [6.07, 6.45) is 0. The van der Waals surface area contributed by atoms with Gasteiger partial charge in [-0.3, -0.25) is 9.36 Å². The fraction of sp³-hybridized carbons (Fsp3) is 0.160. The highest BCUT2D eigenvalue weighted by Gasteiger charge is 2.16. The predicted molar refractivity (Wildman–Crippen MR) is 130 cm³/mol. The Bertz CT molecular complexity index is 1190. The maximum absolute atomic E-state index is 12.6. The number of anilines is 1. The smallest absolute Gasteiger partial charge is 0.196 e. The first kappa shape index (κ1) is 22.4. The Morgan fingerprint density at radius 2 is 1.52 bits per heavy atom. The van der Waals surface area contributed by atoms with E-state index >= 15 is 0 Å². The summed E-state index contributed by atoms with van der Waals surface area (Å²) in [6, 6.07) is 24.6. The monoisotopic (exact) mass is 460 g/mol. The van der Waals surface area contributed by atoms with E-state index in [1.807, 2.05) is 83.4 Å². The molecule has 0 radical (unpaired) electrons. The molecule has 4 aromatic rings. The van der Waals surface area contributed by atoms with Crippen LogP contribution in [0.5, 0.6) is 11.5 Å². The van der Waals surface area contributed by atoms with Gasteiger partial charge in [-0.1, -0.05) is 42.1 Å². The summed E-state index contributed by atoms with van der Waals surface area (Å²) in [7, 11) is 3.27. The summed E-state index contributed by atoms with van der Waals surface area (Å²) in [4.78, 5) is 12.6. The highest BCUT2D eigenvalue weighted by atomic mass is 32.2. The lowest BCUT2D eigenvalue weighted by atomic mass is 10.2. The van der Waals surface area contributed by atoms with Gasteiger partial charge in [0.1, 0.15) is 11.5 Å². The Balaban J connectivity index is 1.56. The minimum atomic E-state index is 0.0442. The molecule has 4 rings (SSSR count). The highest BCUT2D eigenvalue weighted by Crippen LogP contribution is 2.25. The number of nitrogens with one attached hydrogen (secondary N) is 1. The summed E-state index contributed by atoms with van der Waals surface area (Å²) in [5.41, 5.74) is 2.51. The molecule has 168 valence electrons. The first-order chi connectivity index (χ1) is 16.2. The summed E-state index contributed by atoms with van der Waals surface area (Å²) < 4.78 is 12.5. The molecule has 0 atom stereocenters. The van der Waals surface area contributed by atoms with Crippen LogP contribution in [0.15, 0.2) is 84.0 Å². The van der Waals surface area contributed by atoms with E-state index in [-0.39, 0.29) is 11.5 Å². The van der Waals surface area contributed by atoms with E-state index in [1.165, 1.54) is 11.8 Å². The van der Waals surface area contributed by atoms with Crippen molar-refractivity contribution in [2.45, 2.75) is 11.7 Å². The van der Waals surface area contributed by atoms with Crippen LogP contribution in [0.2, 0.25) is 0 Å². The first-order valence-corrected chi connectivity index (χ1v) is 11.3. The minimum absolute atomic E-state index is 0.0442. The Hall–Kier alpha value is -3.78. The van der Waals surface area contributed by atoms with Gasteiger partial charge in [-0.2, -0.15) is 0 Å². The van der Waals surface area contributed by atoms with Gasteiger partial charge in [0, 0.05) is 16.9 Å². The quantitative estimate of drug-likeness (QED) is 0.267. The largest absolute Gasteiger partial charge is 0.497 e. The van der Waals surface area contributed by atoms with Gasteiger partial charge in [0.05, 0.1) is 26.5 Å². The maximum atomic E-state index is 12.6. The molecule has 8 heteroatoms. The molecule has 0 aliphatic heterocycles. The molecule has 7 nitrogen and oxygen atoms in total. The summed E-state index contributed by atoms with van der Waals surface area (Å²) in [5.74, 6) is 2.60. The molecule has 33 heavy (non-hydrogen) atoms. The average molecular weight is 461 g/mol. The number of Topliss-reactive ketones (excluding diaryl/α,β-unsaturated/α-hetero) is 1. The molecule has 1 N–H and O–H groups in total. The zero-order chi connectivity index (χ0) is 23.0. The Morgan fingerprint density at radius 1 is 0.879 bits per heavy atom. The van der Waals surface area contributed by atoms with E-state index in [9.17, 15) is 4.79 Å². The van der Waals surface area contributed by atoms with Crippen molar-refractivity contribution >= 4 is 23.2 Å². The van der Waals surface area contributed by atoms with E-state index in [4.69, 9.17) is 9.47 Å². The molecule has 0 saturated heterocycles. The highest BCUT2D eigenvalue weighted by molar-refractivity contribution is 7.99. The Labute approximate surface area is 196 Å². The van der Waals surface area contributed by atoms with Crippen molar-refractivity contribution in [2.24, 2.45) is 0 Å². The molecule has 0 aliphatic rings. The van der Waals surface area contributed by atoms with Crippen LogP contribution in [-0.2, 0) is 6.54 Å². The Kier molecular flexibility index (Phi) is 7.26. The lowest BCUT2D eigenvalue weighted by Crippen LogP contribution is -2.09. The lowest BCUT2D eigenvalue weighted by Gasteiger charge is -2.12. The number of nitrogens with zero attached hydrogens (tertiary/aromatic N) is 3. The molecule has 3 aromatic carbocycles. The van der Waals surface area contributed by atoms with Crippen molar-refractivity contribution in [3.63, 3.8) is 0 Å². The topological polar surface area (TPSA) is 78.3 Å². The van der Waals surface area contributed by atoms with E-state index in [1.54, 1.807) is 14.2 Å². The second-order valence-electron chi connectivity index (χ2n) is 7.09. The molecule has 0 bridgehead atoms. The molecule has 0 fully saturated rings. The average Bonchev–Trinajstić information content (AvgIpc) is 3.29. The van der Waals surface area contributed by atoms with Crippen molar-refractivity contribution in [1.82, 2.24) is 14.8 Å². The number of carbonyl (C=O) groups is 1. The molecular weight excluding hydrogens is 436 g/mol. The predicted octanol–water partition coefficient (Wildman–Crippen LogP) is 4.87. The number of thioether (sulfide) groups is 1. The molecule has 0 aliphatic carbocycles. The van der Waals surface area contributed by atoms with Crippen LogP contribution >= 0.6 is 11.8 Å². The van der Waals surface area contributed by atoms with Crippen LogP contribution in [-0.4, -0.2) is 40.5 Å². The fourth-order valence-corrected chi connectivity index (χ4v) is 4.09. The standard InChI is InChI=1S/C25H24N4O3S/c1-31-21-12-8-19(9-13-21)26-16-24-27-28-25(29(24)20-10-14-22(32-2)15-11-20)33-17-23(30)18-6-4-3-5-7-18/h3-15,26H,16-17H2,1-2H3. The number of methoxy groups -OCH3 is 2. The van der Waals surface area contributed by atoms with Crippen LogP contribution in [0, 0.1) is 0 Å². The number of carbonyl (C=O) groups excluding carboxylic acids is 1. The first-order valence-electron chi connectivity index (χ1n) is 10.4. The molecule has 0 spiro atoms. The van der Waals surface area contributed by atoms with Gasteiger partial charge in [0.15, 0.2) is 16.8 Å². The van der Waals surface area contributed by atoms with Crippen LogP contribution in [0.4, 0.5) is 5.69 Å². The van der Waals surface area contributed by atoms with Gasteiger partial charge in [-0.25, -0.2) is 0 Å². The molecule has 0 saturated carbocycles. The van der Waals surface area contributed by atoms with Gasteiger partial charge < -0.3 is 14.8 Å². The van der Waals surface area contributed by atoms with Crippen LogP contribution < -0.4 is 14.8 Å². The van der Waals surface area contributed by atoms with Crippen LogP contribution in [0.25, 0.3) is 5.69 Å². The fourth-order valence-electron chi connectivity index (χ4n) is 3.23. The summed E-state index contributed by atoms with van der Waals surface area (Å²) in [6.45, 7) is 0.457. The van der Waals surface area contributed by atoms with E-state index in [2.05, 4.69) is 15.5 Å². The number of aromatic nitrogens is 3. The van der Waals surface area contributed by atoms with E-state index in [0.29, 0.717) is 17.3 Å².